The smallest absolute Gasteiger partial charge is 0.268 e. The molecule has 30 heavy (non-hydrogen) atoms. The van der Waals surface area contributed by atoms with Crippen molar-refractivity contribution in [2.75, 3.05) is 29.5 Å². The second kappa shape index (κ2) is 8.79. The molecule has 0 aliphatic heterocycles. The van der Waals surface area contributed by atoms with E-state index in [4.69, 9.17) is 5.73 Å². The minimum Gasteiger partial charge on any atom is -0.394 e. The summed E-state index contributed by atoms with van der Waals surface area (Å²) in [6, 6.07) is 19.9. The van der Waals surface area contributed by atoms with E-state index in [0.717, 1.165) is 23.8 Å². The van der Waals surface area contributed by atoms with Gasteiger partial charge < -0.3 is 16.0 Å². The molecule has 152 valence electrons. The van der Waals surface area contributed by atoms with E-state index < -0.39 is 0 Å². The number of nitrogen functional groups attached to an aromatic ring is 1. The Hall–Kier alpha value is -3.65. The van der Waals surface area contributed by atoms with Gasteiger partial charge in [-0.2, -0.15) is 0 Å². The number of thiazole rings is 1. The number of hydrogen-bond acceptors (Lipinski definition) is 6. The highest BCUT2D eigenvalue weighted by atomic mass is 32.1. The second-order valence-electron chi connectivity index (χ2n) is 6.83. The third-order valence-electron chi connectivity index (χ3n) is 4.62. The number of benzene rings is 2. The van der Waals surface area contributed by atoms with Crippen molar-refractivity contribution in [2.24, 2.45) is 0 Å². The number of aromatic nitrogens is 3. The molecule has 2 aromatic carbocycles. The number of amides is 1. The summed E-state index contributed by atoms with van der Waals surface area (Å²) in [7, 11) is 1.98. The predicted molar refractivity (Wildman–Crippen MR) is 121 cm³/mol. The lowest BCUT2D eigenvalue weighted by molar-refractivity contribution is 0.103. The summed E-state index contributed by atoms with van der Waals surface area (Å²) < 4.78 is 1.64. The van der Waals surface area contributed by atoms with Crippen molar-refractivity contribution in [3.05, 3.63) is 83.5 Å². The molecule has 0 aliphatic carbocycles. The molecule has 1 amide bonds. The largest absolute Gasteiger partial charge is 0.394 e. The van der Waals surface area contributed by atoms with Crippen molar-refractivity contribution >= 4 is 33.9 Å². The van der Waals surface area contributed by atoms with Crippen LogP contribution in [0.3, 0.4) is 0 Å². The maximum absolute atomic E-state index is 12.7. The lowest BCUT2D eigenvalue weighted by Crippen LogP contribution is -2.19. The molecule has 0 saturated heterocycles. The standard InChI is InChI=1S/C22H22N6OS/c1-27(13-12-16-8-4-2-5-9-16)22-24-14-19(30-22)21(29)25-20-18(23)15-28(26-20)17-10-6-3-7-11-17/h2-11,14-15H,12-13,23H2,1H3,(H,25,26,29). The number of anilines is 3. The van der Waals surface area contributed by atoms with E-state index in [2.05, 4.69) is 27.5 Å². The van der Waals surface area contributed by atoms with E-state index in [1.54, 1.807) is 17.1 Å². The van der Waals surface area contributed by atoms with Gasteiger partial charge in [0.1, 0.15) is 4.88 Å². The van der Waals surface area contributed by atoms with Gasteiger partial charge in [0.05, 0.1) is 23.8 Å². The molecule has 3 N–H and O–H groups in total. The molecule has 0 unspecified atom stereocenters. The number of hydrogen-bond donors (Lipinski definition) is 2. The molecule has 7 nitrogen and oxygen atoms in total. The Labute approximate surface area is 178 Å². The van der Waals surface area contributed by atoms with Gasteiger partial charge >= 0.3 is 0 Å². The molecule has 8 heteroatoms. The van der Waals surface area contributed by atoms with Gasteiger partial charge in [-0.25, -0.2) is 9.67 Å². The summed E-state index contributed by atoms with van der Waals surface area (Å²) in [5, 5.41) is 7.96. The molecule has 2 heterocycles. The average molecular weight is 419 g/mol. The van der Waals surface area contributed by atoms with Crippen LogP contribution < -0.4 is 16.0 Å². The van der Waals surface area contributed by atoms with E-state index in [1.807, 2.05) is 60.5 Å². The zero-order valence-corrected chi connectivity index (χ0v) is 17.3. The van der Waals surface area contributed by atoms with Crippen molar-refractivity contribution in [2.45, 2.75) is 6.42 Å². The summed E-state index contributed by atoms with van der Waals surface area (Å²) in [6.45, 7) is 0.813. The maximum Gasteiger partial charge on any atom is 0.268 e. The summed E-state index contributed by atoms with van der Waals surface area (Å²) >= 11 is 1.34. The number of likely N-dealkylation sites (N-methyl/N-ethyl adjacent to an activating group) is 1. The fourth-order valence-corrected chi connectivity index (χ4v) is 3.75. The van der Waals surface area contributed by atoms with Crippen LogP contribution >= 0.6 is 11.3 Å². The molecule has 0 fully saturated rings. The molecule has 0 spiro atoms. The molecular formula is C22H22N6OS. The van der Waals surface area contributed by atoms with Crippen molar-refractivity contribution in [1.29, 1.82) is 0 Å². The Kier molecular flexibility index (Phi) is 5.76. The van der Waals surface area contributed by atoms with Crippen molar-refractivity contribution in [1.82, 2.24) is 14.8 Å². The monoisotopic (exact) mass is 418 g/mol. The summed E-state index contributed by atoms with van der Waals surface area (Å²) in [5.74, 6) is 0.0523. The number of nitrogens with two attached hydrogens (primary N) is 1. The number of nitrogens with one attached hydrogen (secondary N) is 1. The van der Waals surface area contributed by atoms with Gasteiger partial charge in [0, 0.05) is 13.6 Å². The number of nitrogens with zero attached hydrogens (tertiary/aromatic N) is 4. The van der Waals surface area contributed by atoms with E-state index in [-0.39, 0.29) is 5.91 Å². The molecule has 0 atom stereocenters. The van der Waals surface area contributed by atoms with Crippen LogP contribution in [0, 0.1) is 0 Å². The van der Waals surface area contributed by atoms with E-state index in [1.165, 1.54) is 16.9 Å². The number of rotatable bonds is 7. The van der Waals surface area contributed by atoms with Crippen LogP contribution in [0.1, 0.15) is 15.2 Å². The van der Waals surface area contributed by atoms with Crippen LogP contribution in [0.4, 0.5) is 16.6 Å². The van der Waals surface area contributed by atoms with Crippen molar-refractivity contribution in [3.8, 4) is 5.69 Å². The Morgan fingerprint density at radius 1 is 1.13 bits per heavy atom. The molecule has 2 aromatic heterocycles. The fourth-order valence-electron chi connectivity index (χ4n) is 2.95. The first-order chi connectivity index (χ1) is 14.6. The Bertz CT molecular complexity index is 1120. The molecule has 4 aromatic rings. The van der Waals surface area contributed by atoms with Crippen LogP contribution in [0.2, 0.25) is 0 Å². The van der Waals surface area contributed by atoms with E-state index in [9.17, 15) is 4.79 Å². The van der Waals surface area contributed by atoms with Crippen molar-refractivity contribution in [3.63, 3.8) is 0 Å². The SMILES string of the molecule is CN(CCc1ccccc1)c1ncc(C(=O)Nc2nn(-c3ccccc3)cc2N)s1. The zero-order chi connectivity index (χ0) is 20.9. The lowest BCUT2D eigenvalue weighted by atomic mass is 10.1. The van der Waals surface area contributed by atoms with Crippen LogP contribution in [-0.4, -0.2) is 34.3 Å². The first kappa shape index (κ1) is 19.7. The highest BCUT2D eigenvalue weighted by Crippen LogP contribution is 2.24. The van der Waals surface area contributed by atoms with Gasteiger partial charge in [-0.05, 0) is 24.1 Å². The summed E-state index contributed by atoms with van der Waals surface area (Å²) in [4.78, 5) is 19.6. The topological polar surface area (TPSA) is 89.1 Å². The van der Waals surface area contributed by atoms with Gasteiger partial charge in [-0.15, -0.1) is 5.10 Å². The van der Waals surface area contributed by atoms with Crippen LogP contribution in [0.25, 0.3) is 5.69 Å². The summed E-state index contributed by atoms with van der Waals surface area (Å²) in [6.07, 6.45) is 4.17. The molecule has 0 aliphatic rings. The molecular weight excluding hydrogens is 396 g/mol. The molecule has 0 bridgehead atoms. The van der Waals surface area contributed by atoms with E-state index in [0.29, 0.717) is 16.4 Å². The van der Waals surface area contributed by atoms with Gasteiger partial charge in [-0.1, -0.05) is 59.9 Å². The third kappa shape index (κ3) is 4.49. The van der Waals surface area contributed by atoms with Gasteiger partial charge in [0.2, 0.25) is 0 Å². The second-order valence-corrected chi connectivity index (χ2v) is 7.84. The quantitative estimate of drug-likeness (QED) is 0.476. The predicted octanol–water partition coefficient (Wildman–Crippen LogP) is 3.84. The minimum absolute atomic E-state index is 0.278. The number of carbonyl (C=O) groups is 1. The first-order valence-electron chi connectivity index (χ1n) is 9.53. The zero-order valence-electron chi connectivity index (χ0n) is 16.5. The average Bonchev–Trinajstić information content (AvgIpc) is 3.41. The van der Waals surface area contributed by atoms with Crippen molar-refractivity contribution < 1.29 is 4.79 Å². The van der Waals surface area contributed by atoms with Crippen LogP contribution in [0.5, 0.6) is 0 Å². The Morgan fingerprint density at radius 2 is 1.83 bits per heavy atom. The lowest BCUT2D eigenvalue weighted by Gasteiger charge is -2.15. The normalized spacial score (nSPS) is 10.7. The first-order valence-corrected chi connectivity index (χ1v) is 10.3. The maximum atomic E-state index is 12.7. The molecule has 0 saturated carbocycles. The Morgan fingerprint density at radius 3 is 2.57 bits per heavy atom. The van der Waals surface area contributed by atoms with Gasteiger partial charge in [0.15, 0.2) is 10.9 Å². The Balaban J connectivity index is 1.40. The van der Waals surface area contributed by atoms with Crippen LogP contribution in [0.15, 0.2) is 73.1 Å². The van der Waals surface area contributed by atoms with Gasteiger partial charge in [-0.3, -0.25) is 4.79 Å². The fraction of sp³-hybridized carbons (Fsp3) is 0.136. The number of para-hydroxylation sites is 1. The number of carbonyl (C=O) groups excluding carboxylic acids is 1. The molecule has 0 radical (unpaired) electrons. The molecule has 4 rings (SSSR count). The van der Waals surface area contributed by atoms with Crippen LogP contribution in [-0.2, 0) is 6.42 Å². The summed E-state index contributed by atoms with van der Waals surface area (Å²) in [5.41, 5.74) is 8.57. The highest BCUT2D eigenvalue weighted by Gasteiger charge is 2.16. The highest BCUT2D eigenvalue weighted by molar-refractivity contribution is 7.17. The van der Waals surface area contributed by atoms with Gasteiger partial charge in [0.25, 0.3) is 5.91 Å². The minimum atomic E-state index is -0.278. The third-order valence-corrected chi connectivity index (χ3v) is 5.73. The van der Waals surface area contributed by atoms with E-state index >= 15 is 0 Å².